The van der Waals surface area contributed by atoms with Crippen molar-refractivity contribution >= 4 is 5.97 Å². The molecule has 1 aromatic heterocycles. The van der Waals surface area contributed by atoms with Gasteiger partial charge in [-0.3, -0.25) is 4.79 Å². The SMILES string of the molecule is Cc1ccccc1.NC(Cc1cnc[nH]1)C(=O)O. The summed E-state index contributed by atoms with van der Waals surface area (Å²) in [6.07, 6.45) is 3.34. The third-order valence-electron chi connectivity index (χ3n) is 2.25. The molecule has 0 aliphatic rings. The molecule has 0 radical (unpaired) electrons. The van der Waals surface area contributed by atoms with Crippen LogP contribution in [0.5, 0.6) is 0 Å². The number of H-pyrrole nitrogens is 1. The van der Waals surface area contributed by atoms with E-state index in [0.717, 1.165) is 5.69 Å². The molecule has 5 nitrogen and oxygen atoms in total. The zero-order valence-electron chi connectivity index (χ0n) is 10.2. The van der Waals surface area contributed by atoms with Gasteiger partial charge in [0, 0.05) is 18.3 Å². The molecule has 1 aromatic carbocycles. The van der Waals surface area contributed by atoms with Gasteiger partial charge in [-0.2, -0.15) is 0 Å². The fourth-order valence-electron chi connectivity index (χ4n) is 1.25. The predicted molar refractivity (Wildman–Crippen MR) is 69.1 cm³/mol. The summed E-state index contributed by atoms with van der Waals surface area (Å²) >= 11 is 0. The molecule has 0 spiro atoms. The number of carboxylic acids is 1. The second-order valence-electron chi connectivity index (χ2n) is 3.88. The van der Waals surface area contributed by atoms with Crippen LogP contribution in [0.15, 0.2) is 42.9 Å². The lowest BCUT2D eigenvalue weighted by molar-refractivity contribution is -0.138. The molecular weight excluding hydrogens is 230 g/mol. The number of nitrogens with two attached hydrogens (primary N) is 1. The average Bonchev–Trinajstić information content (AvgIpc) is 2.83. The topological polar surface area (TPSA) is 92.0 Å². The third-order valence-corrected chi connectivity index (χ3v) is 2.25. The van der Waals surface area contributed by atoms with Gasteiger partial charge < -0.3 is 15.8 Å². The van der Waals surface area contributed by atoms with Gasteiger partial charge in [-0.15, -0.1) is 0 Å². The Morgan fingerprint density at radius 2 is 2.11 bits per heavy atom. The molecule has 5 heteroatoms. The van der Waals surface area contributed by atoms with Gasteiger partial charge in [0.15, 0.2) is 0 Å². The van der Waals surface area contributed by atoms with Crippen molar-refractivity contribution in [3.8, 4) is 0 Å². The van der Waals surface area contributed by atoms with Crippen LogP contribution >= 0.6 is 0 Å². The zero-order chi connectivity index (χ0) is 13.4. The van der Waals surface area contributed by atoms with Crippen molar-refractivity contribution in [2.75, 3.05) is 0 Å². The van der Waals surface area contributed by atoms with E-state index in [1.54, 1.807) is 6.20 Å². The van der Waals surface area contributed by atoms with E-state index in [2.05, 4.69) is 29.0 Å². The first-order valence-corrected chi connectivity index (χ1v) is 5.57. The number of hydrogen-bond acceptors (Lipinski definition) is 3. The molecule has 2 rings (SSSR count). The molecular formula is C13H17N3O2. The summed E-state index contributed by atoms with van der Waals surface area (Å²) < 4.78 is 0. The molecule has 0 saturated carbocycles. The maximum absolute atomic E-state index is 10.3. The number of nitrogens with one attached hydrogen (secondary N) is 1. The zero-order valence-corrected chi connectivity index (χ0v) is 10.2. The van der Waals surface area contributed by atoms with Crippen molar-refractivity contribution in [2.45, 2.75) is 19.4 Å². The Kier molecular flexibility index (Phi) is 5.60. The Labute approximate surface area is 106 Å². The molecule has 1 atom stereocenters. The highest BCUT2D eigenvalue weighted by Crippen LogP contribution is 1.95. The Balaban J connectivity index is 0.000000199. The van der Waals surface area contributed by atoms with Gasteiger partial charge in [-0.25, -0.2) is 4.98 Å². The number of aliphatic carboxylic acids is 1. The van der Waals surface area contributed by atoms with Gasteiger partial charge in [-0.05, 0) is 6.92 Å². The van der Waals surface area contributed by atoms with Gasteiger partial charge in [0.25, 0.3) is 0 Å². The van der Waals surface area contributed by atoms with Gasteiger partial charge >= 0.3 is 5.97 Å². The highest BCUT2D eigenvalue weighted by Gasteiger charge is 2.11. The number of carboxylic acid groups (broad SMARTS) is 1. The van der Waals surface area contributed by atoms with Crippen LogP contribution in [-0.4, -0.2) is 27.1 Å². The molecule has 0 bridgehead atoms. The molecule has 4 N–H and O–H groups in total. The van der Waals surface area contributed by atoms with Crippen LogP contribution in [0.1, 0.15) is 11.3 Å². The van der Waals surface area contributed by atoms with E-state index in [-0.39, 0.29) is 6.42 Å². The number of aryl methyl sites for hydroxylation is 1. The Morgan fingerprint density at radius 3 is 2.50 bits per heavy atom. The minimum atomic E-state index is -1.00. The van der Waals surface area contributed by atoms with Crippen LogP contribution in [0.4, 0.5) is 0 Å². The monoisotopic (exact) mass is 247 g/mol. The van der Waals surface area contributed by atoms with E-state index in [0.29, 0.717) is 0 Å². The number of rotatable bonds is 3. The first-order valence-electron chi connectivity index (χ1n) is 5.57. The van der Waals surface area contributed by atoms with Crippen molar-refractivity contribution in [1.82, 2.24) is 9.97 Å². The standard InChI is InChI=1S/C7H8.C6H9N3O2/c1-7-5-3-2-4-6-7;7-5(6(10)11)1-4-2-8-3-9-4/h2-6H,1H3;2-3,5H,1,7H2,(H,8,9)(H,10,11). The van der Waals surface area contributed by atoms with Gasteiger partial charge in [-0.1, -0.05) is 35.9 Å². The van der Waals surface area contributed by atoms with E-state index in [1.165, 1.54) is 11.9 Å². The lowest BCUT2D eigenvalue weighted by Crippen LogP contribution is -2.32. The molecule has 1 heterocycles. The molecule has 0 saturated heterocycles. The van der Waals surface area contributed by atoms with E-state index >= 15 is 0 Å². The van der Waals surface area contributed by atoms with Crippen LogP contribution in [0, 0.1) is 6.92 Å². The average molecular weight is 247 g/mol. The maximum atomic E-state index is 10.3. The van der Waals surface area contributed by atoms with E-state index in [9.17, 15) is 4.79 Å². The fraction of sp³-hybridized carbons (Fsp3) is 0.231. The third kappa shape index (κ3) is 5.27. The van der Waals surface area contributed by atoms with Crippen molar-refractivity contribution in [1.29, 1.82) is 0 Å². The molecule has 0 amide bonds. The number of aromatic amines is 1. The lowest BCUT2D eigenvalue weighted by atomic mass is 10.2. The van der Waals surface area contributed by atoms with Gasteiger partial charge in [0.2, 0.25) is 0 Å². The molecule has 0 fully saturated rings. The Morgan fingerprint density at radius 1 is 1.44 bits per heavy atom. The smallest absolute Gasteiger partial charge is 0.320 e. The summed E-state index contributed by atoms with van der Waals surface area (Å²) in [4.78, 5) is 16.8. The second-order valence-corrected chi connectivity index (χ2v) is 3.88. The summed E-state index contributed by atoms with van der Waals surface area (Å²) in [7, 11) is 0. The first kappa shape index (κ1) is 13.9. The summed E-state index contributed by atoms with van der Waals surface area (Å²) in [5.41, 5.74) is 7.32. The van der Waals surface area contributed by atoms with Gasteiger partial charge in [0.05, 0.1) is 6.33 Å². The number of nitrogens with zero attached hydrogens (tertiary/aromatic N) is 1. The minimum absolute atomic E-state index is 0.287. The maximum Gasteiger partial charge on any atom is 0.320 e. The molecule has 1 unspecified atom stereocenters. The van der Waals surface area contributed by atoms with E-state index in [4.69, 9.17) is 10.8 Å². The number of aromatic nitrogens is 2. The van der Waals surface area contributed by atoms with Crippen molar-refractivity contribution in [3.63, 3.8) is 0 Å². The van der Waals surface area contributed by atoms with Gasteiger partial charge in [0.1, 0.15) is 6.04 Å². The number of carbonyl (C=O) groups is 1. The highest BCUT2D eigenvalue weighted by atomic mass is 16.4. The summed E-state index contributed by atoms with van der Waals surface area (Å²) in [5.74, 6) is -1.00. The fourth-order valence-corrected chi connectivity index (χ4v) is 1.25. The van der Waals surface area contributed by atoms with Crippen LogP contribution < -0.4 is 5.73 Å². The Bertz CT molecular complexity index is 454. The van der Waals surface area contributed by atoms with Crippen LogP contribution in [-0.2, 0) is 11.2 Å². The van der Waals surface area contributed by atoms with Crippen LogP contribution in [0.25, 0.3) is 0 Å². The van der Waals surface area contributed by atoms with Crippen molar-refractivity contribution in [2.24, 2.45) is 5.73 Å². The number of benzene rings is 1. The minimum Gasteiger partial charge on any atom is -0.480 e. The van der Waals surface area contributed by atoms with Crippen LogP contribution in [0.3, 0.4) is 0 Å². The molecule has 0 aliphatic heterocycles. The van der Waals surface area contributed by atoms with E-state index < -0.39 is 12.0 Å². The summed E-state index contributed by atoms with van der Waals surface area (Å²) in [6.45, 7) is 2.08. The molecule has 18 heavy (non-hydrogen) atoms. The van der Waals surface area contributed by atoms with E-state index in [1.807, 2.05) is 18.2 Å². The Hall–Kier alpha value is -2.14. The summed E-state index contributed by atoms with van der Waals surface area (Å²) in [6, 6.07) is 9.41. The summed E-state index contributed by atoms with van der Waals surface area (Å²) in [5, 5.41) is 8.42. The quantitative estimate of drug-likeness (QED) is 0.763. The first-order chi connectivity index (χ1) is 8.59. The highest BCUT2D eigenvalue weighted by molar-refractivity contribution is 5.73. The largest absolute Gasteiger partial charge is 0.480 e. The molecule has 2 aromatic rings. The number of hydrogen-bond donors (Lipinski definition) is 3. The molecule has 96 valence electrons. The van der Waals surface area contributed by atoms with Crippen molar-refractivity contribution in [3.05, 3.63) is 54.1 Å². The second kappa shape index (κ2) is 7.24. The molecule has 0 aliphatic carbocycles. The lowest BCUT2D eigenvalue weighted by Gasteiger charge is -2.02. The number of imidazole rings is 1. The van der Waals surface area contributed by atoms with Crippen LogP contribution in [0.2, 0.25) is 0 Å². The van der Waals surface area contributed by atoms with Crippen molar-refractivity contribution < 1.29 is 9.90 Å². The normalized spacial score (nSPS) is 11.2. The predicted octanol–water partition coefficient (Wildman–Crippen LogP) is 1.36.